The molecular formula is C17H20N2O4. The Morgan fingerprint density at radius 3 is 2.52 bits per heavy atom. The van der Waals surface area contributed by atoms with Crippen molar-refractivity contribution in [3.05, 3.63) is 35.9 Å². The van der Waals surface area contributed by atoms with Gasteiger partial charge in [0.15, 0.2) is 0 Å². The van der Waals surface area contributed by atoms with Crippen LogP contribution in [0.4, 0.5) is 0 Å². The summed E-state index contributed by atoms with van der Waals surface area (Å²) in [5.41, 5.74) is -0.192. The molecule has 3 rings (SSSR count). The molecule has 1 aliphatic carbocycles. The summed E-state index contributed by atoms with van der Waals surface area (Å²) in [6.07, 6.45) is 1.87. The van der Waals surface area contributed by atoms with Gasteiger partial charge in [0.2, 0.25) is 11.8 Å². The molecule has 1 aromatic rings. The summed E-state index contributed by atoms with van der Waals surface area (Å²) in [6.45, 7) is 0.799. The summed E-state index contributed by atoms with van der Waals surface area (Å²) in [4.78, 5) is 38.0. The van der Waals surface area contributed by atoms with Crippen molar-refractivity contribution in [3.8, 4) is 0 Å². The van der Waals surface area contributed by atoms with E-state index >= 15 is 0 Å². The van der Waals surface area contributed by atoms with Gasteiger partial charge in [0, 0.05) is 19.5 Å². The zero-order valence-electron chi connectivity index (χ0n) is 12.8. The fourth-order valence-corrected chi connectivity index (χ4v) is 3.36. The number of carboxylic acids is 1. The third-order valence-electron chi connectivity index (χ3n) is 4.90. The van der Waals surface area contributed by atoms with Crippen LogP contribution in [0.15, 0.2) is 30.3 Å². The molecule has 0 spiro atoms. The van der Waals surface area contributed by atoms with Crippen LogP contribution in [0.25, 0.3) is 0 Å². The molecule has 0 aromatic heterocycles. The zero-order chi connectivity index (χ0) is 16.4. The number of aliphatic carboxylic acids is 1. The van der Waals surface area contributed by atoms with E-state index in [1.807, 2.05) is 30.3 Å². The molecule has 122 valence electrons. The second-order valence-corrected chi connectivity index (χ2v) is 6.31. The minimum Gasteiger partial charge on any atom is -0.481 e. The number of carbonyl (C=O) groups is 3. The molecule has 1 aliphatic heterocycles. The van der Waals surface area contributed by atoms with Crippen LogP contribution in [0.3, 0.4) is 0 Å². The highest BCUT2D eigenvalue weighted by atomic mass is 16.4. The van der Waals surface area contributed by atoms with Gasteiger partial charge in [-0.1, -0.05) is 36.8 Å². The Morgan fingerprint density at radius 2 is 1.96 bits per heavy atom. The van der Waals surface area contributed by atoms with Crippen LogP contribution in [0.5, 0.6) is 0 Å². The molecule has 1 saturated heterocycles. The molecular weight excluding hydrogens is 296 g/mol. The SMILES string of the molecule is O=C1NCCN(C(=O)CC2(C(=O)O)CCC2)[C@H]1c1ccccc1. The number of amides is 2. The standard InChI is InChI=1S/C17H20N2O4/c20-13(11-17(16(22)23)7-4-8-17)19-10-9-18-15(21)14(19)12-5-2-1-3-6-12/h1-3,5-6,14H,4,7-11H2,(H,18,21)(H,22,23)/t14-/m0/s1. The van der Waals surface area contributed by atoms with Crippen molar-refractivity contribution in [2.75, 3.05) is 13.1 Å². The Bertz CT molecular complexity index is 625. The van der Waals surface area contributed by atoms with Crippen LogP contribution in [0.1, 0.15) is 37.3 Å². The van der Waals surface area contributed by atoms with Crippen molar-refractivity contribution in [1.82, 2.24) is 10.2 Å². The first kappa shape index (κ1) is 15.5. The highest BCUT2D eigenvalue weighted by Crippen LogP contribution is 2.45. The van der Waals surface area contributed by atoms with Gasteiger partial charge in [-0.25, -0.2) is 0 Å². The van der Waals surface area contributed by atoms with Crippen molar-refractivity contribution in [2.24, 2.45) is 5.41 Å². The number of carbonyl (C=O) groups excluding carboxylic acids is 2. The lowest BCUT2D eigenvalue weighted by Gasteiger charge is -2.41. The normalized spacial score (nSPS) is 22.9. The topological polar surface area (TPSA) is 86.7 Å². The number of nitrogens with one attached hydrogen (secondary N) is 1. The molecule has 1 aromatic carbocycles. The van der Waals surface area contributed by atoms with Crippen LogP contribution >= 0.6 is 0 Å². The quantitative estimate of drug-likeness (QED) is 0.877. The fourth-order valence-electron chi connectivity index (χ4n) is 3.36. The molecule has 0 bridgehead atoms. The van der Waals surface area contributed by atoms with E-state index in [1.165, 1.54) is 4.90 Å². The molecule has 1 saturated carbocycles. The smallest absolute Gasteiger partial charge is 0.310 e. The Hall–Kier alpha value is -2.37. The van der Waals surface area contributed by atoms with Crippen molar-refractivity contribution in [2.45, 2.75) is 31.7 Å². The maximum absolute atomic E-state index is 12.7. The third-order valence-corrected chi connectivity index (χ3v) is 4.90. The average Bonchev–Trinajstić information content (AvgIpc) is 2.51. The van der Waals surface area contributed by atoms with Crippen LogP contribution in [-0.4, -0.2) is 40.9 Å². The van der Waals surface area contributed by atoms with Gasteiger partial charge in [0.25, 0.3) is 0 Å². The molecule has 6 nitrogen and oxygen atoms in total. The highest BCUT2D eigenvalue weighted by molar-refractivity contribution is 5.92. The fraction of sp³-hybridized carbons (Fsp3) is 0.471. The first-order valence-corrected chi connectivity index (χ1v) is 7.89. The average molecular weight is 316 g/mol. The second kappa shape index (κ2) is 6.02. The molecule has 2 N–H and O–H groups in total. The van der Waals surface area contributed by atoms with Crippen LogP contribution < -0.4 is 5.32 Å². The monoisotopic (exact) mass is 316 g/mol. The molecule has 2 fully saturated rings. The Morgan fingerprint density at radius 1 is 1.26 bits per heavy atom. The van der Waals surface area contributed by atoms with E-state index in [4.69, 9.17) is 0 Å². The Labute approximate surface area is 134 Å². The van der Waals surface area contributed by atoms with E-state index in [-0.39, 0.29) is 18.2 Å². The molecule has 0 radical (unpaired) electrons. The predicted octanol–water partition coefficient (Wildman–Crippen LogP) is 1.33. The van der Waals surface area contributed by atoms with Gasteiger partial charge in [0.1, 0.15) is 6.04 Å². The highest BCUT2D eigenvalue weighted by Gasteiger charge is 2.48. The van der Waals surface area contributed by atoms with Crippen LogP contribution in [-0.2, 0) is 14.4 Å². The Kier molecular flexibility index (Phi) is 4.07. The van der Waals surface area contributed by atoms with E-state index < -0.39 is 17.4 Å². The summed E-state index contributed by atoms with van der Waals surface area (Å²) < 4.78 is 0. The van der Waals surface area contributed by atoms with Gasteiger partial charge in [0.05, 0.1) is 5.41 Å². The maximum atomic E-state index is 12.7. The van der Waals surface area contributed by atoms with Gasteiger partial charge >= 0.3 is 5.97 Å². The lowest BCUT2D eigenvalue weighted by molar-refractivity contribution is -0.161. The van der Waals surface area contributed by atoms with Crippen molar-refractivity contribution >= 4 is 17.8 Å². The largest absolute Gasteiger partial charge is 0.481 e. The Balaban J connectivity index is 1.82. The van der Waals surface area contributed by atoms with E-state index in [2.05, 4.69) is 5.32 Å². The van der Waals surface area contributed by atoms with Crippen LogP contribution in [0.2, 0.25) is 0 Å². The van der Waals surface area contributed by atoms with E-state index in [0.717, 1.165) is 12.0 Å². The van der Waals surface area contributed by atoms with Gasteiger partial charge in [-0.05, 0) is 18.4 Å². The number of hydrogen-bond donors (Lipinski definition) is 2. The minimum atomic E-state index is -0.938. The summed E-state index contributed by atoms with van der Waals surface area (Å²) in [6, 6.07) is 8.45. The van der Waals surface area contributed by atoms with E-state index in [1.54, 1.807) is 0 Å². The second-order valence-electron chi connectivity index (χ2n) is 6.31. The molecule has 1 atom stereocenters. The van der Waals surface area contributed by atoms with Crippen molar-refractivity contribution < 1.29 is 19.5 Å². The number of piperazine rings is 1. The van der Waals surface area contributed by atoms with Gasteiger partial charge in [-0.2, -0.15) is 0 Å². The summed E-state index contributed by atoms with van der Waals surface area (Å²) in [5, 5.41) is 12.2. The van der Waals surface area contributed by atoms with Crippen molar-refractivity contribution in [1.29, 1.82) is 0 Å². The lowest BCUT2D eigenvalue weighted by Crippen LogP contribution is -2.54. The number of rotatable bonds is 4. The number of nitrogens with zero attached hydrogens (tertiary/aromatic N) is 1. The zero-order valence-corrected chi connectivity index (χ0v) is 12.8. The maximum Gasteiger partial charge on any atom is 0.310 e. The molecule has 23 heavy (non-hydrogen) atoms. The van der Waals surface area contributed by atoms with E-state index in [0.29, 0.717) is 25.9 Å². The summed E-state index contributed by atoms with van der Waals surface area (Å²) in [7, 11) is 0. The predicted molar refractivity (Wildman–Crippen MR) is 82.4 cm³/mol. The van der Waals surface area contributed by atoms with Gasteiger partial charge in [-0.3, -0.25) is 14.4 Å². The molecule has 2 aliphatic rings. The summed E-state index contributed by atoms with van der Waals surface area (Å²) >= 11 is 0. The molecule has 2 amide bonds. The molecule has 0 unspecified atom stereocenters. The first-order valence-electron chi connectivity index (χ1n) is 7.89. The molecule has 1 heterocycles. The number of carboxylic acid groups (broad SMARTS) is 1. The lowest BCUT2D eigenvalue weighted by atomic mass is 9.66. The number of benzene rings is 1. The summed E-state index contributed by atoms with van der Waals surface area (Å²) in [5.74, 6) is -1.38. The molecule has 6 heteroatoms. The number of hydrogen-bond acceptors (Lipinski definition) is 3. The minimum absolute atomic E-state index is 0.0288. The van der Waals surface area contributed by atoms with Crippen LogP contribution in [0, 0.1) is 5.41 Å². The third kappa shape index (κ3) is 2.81. The van der Waals surface area contributed by atoms with Crippen molar-refractivity contribution in [3.63, 3.8) is 0 Å². The van der Waals surface area contributed by atoms with Gasteiger partial charge in [-0.15, -0.1) is 0 Å². The first-order chi connectivity index (χ1) is 11.0. The van der Waals surface area contributed by atoms with Gasteiger partial charge < -0.3 is 15.3 Å². The van der Waals surface area contributed by atoms with E-state index in [9.17, 15) is 19.5 Å².